The van der Waals surface area contributed by atoms with Crippen LogP contribution >= 0.6 is 0 Å². The molecule has 2 amide bonds. The van der Waals surface area contributed by atoms with Crippen LogP contribution in [0.25, 0.3) is 0 Å². The monoisotopic (exact) mass is 403 g/mol. The molecule has 8 nitrogen and oxygen atoms in total. The Morgan fingerprint density at radius 3 is 2.66 bits per heavy atom. The molecule has 1 atom stereocenters. The van der Waals surface area contributed by atoms with E-state index >= 15 is 0 Å². The highest BCUT2D eigenvalue weighted by Crippen LogP contribution is 2.43. The first kappa shape index (κ1) is 21.2. The van der Waals surface area contributed by atoms with Crippen molar-refractivity contribution >= 4 is 17.5 Å². The molecule has 1 aliphatic carbocycles. The molecule has 3 rings (SSSR count). The van der Waals surface area contributed by atoms with Crippen molar-refractivity contribution in [2.45, 2.75) is 58.2 Å². The minimum Gasteiger partial charge on any atom is -0.354 e. The Morgan fingerprint density at radius 1 is 1.34 bits per heavy atom. The lowest BCUT2D eigenvalue weighted by Gasteiger charge is -2.43. The van der Waals surface area contributed by atoms with Gasteiger partial charge in [0.15, 0.2) is 0 Å². The Hall–Kier alpha value is -2.48. The third-order valence-corrected chi connectivity index (χ3v) is 5.83. The van der Waals surface area contributed by atoms with Crippen molar-refractivity contribution in [3.63, 3.8) is 0 Å². The van der Waals surface area contributed by atoms with Gasteiger partial charge < -0.3 is 10.1 Å². The Morgan fingerprint density at radius 2 is 2.03 bits per heavy atom. The van der Waals surface area contributed by atoms with Gasteiger partial charge in [0.2, 0.25) is 5.91 Å². The van der Waals surface area contributed by atoms with E-state index in [1.54, 1.807) is 11.0 Å². The van der Waals surface area contributed by atoms with Gasteiger partial charge in [-0.05, 0) is 43.6 Å². The number of nitrogens with one attached hydrogen (secondary N) is 1. The molecule has 0 radical (unpaired) electrons. The third-order valence-electron chi connectivity index (χ3n) is 5.83. The molecular weight excluding hydrogens is 374 g/mol. The van der Waals surface area contributed by atoms with E-state index in [2.05, 4.69) is 12.2 Å². The van der Waals surface area contributed by atoms with Gasteiger partial charge in [0.25, 0.3) is 11.6 Å². The van der Waals surface area contributed by atoms with Crippen molar-refractivity contribution in [2.24, 2.45) is 11.8 Å². The van der Waals surface area contributed by atoms with Crippen LogP contribution in [0.4, 0.5) is 5.69 Å². The van der Waals surface area contributed by atoms with Gasteiger partial charge in [0.05, 0.1) is 11.5 Å². The van der Waals surface area contributed by atoms with Crippen molar-refractivity contribution in [1.29, 1.82) is 0 Å². The molecule has 0 unspecified atom stereocenters. The summed E-state index contributed by atoms with van der Waals surface area (Å²) in [5.41, 5.74) is -0.777. The van der Waals surface area contributed by atoms with E-state index in [0.717, 1.165) is 12.8 Å². The second-order valence-corrected chi connectivity index (χ2v) is 8.58. The van der Waals surface area contributed by atoms with Gasteiger partial charge in [-0.25, -0.2) is 0 Å². The van der Waals surface area contributed by atoms with Gasteiger partial charge in [-0.1, -0.05) is 26.8 Å². The molecule has 1 aliphatic heterocycles. The fourth-order valence-electron chi connectivity index (χ4n) is 4.09. The largest absolute Gasteiger partial charge is 0.354 e. The first-order valence-electron chi connectivity index (χ1n) is 10.2. The fourth-order valence-corrected chi connectivity index (χ4v) is 4.09. The van der Waals surface area contributed by atoms with Crippen molar-refractivity contribution in [3.05, 3.63) is 39.9 Å². The first-order valence-corrected chi connectivity index (χ1v) is 10.2. The standard InChI is InChI=1S/C21H29N3O5/c1-14(2)12-22-19(25)18-13-29-21(9-7-15(3)8-10-21)23(18)20(26)16-5-4-6-17(11-16)24(27)28/h4-6,11,14-15,18H,7-10,12-13H2,1-3H3,(H,22,25)/t15?,18-,21?/m1/s1. The van der Waals surface area contributed by atoms with Crippen LogP contribution in [0.2, 0.25) is 0 Å². The maximum Gasteiger partial charge on any atom is 0.270 e. The number of hydrogen-bond acceptors (Lipinski definition) is 5. The number of ether oxygens (including phenoxy) is 1. The zero-order valence-electron chi connectivity index (χ0n) is 17.2. The molecular formula is C21H29N3O5. The molecule has 29 heavy (non-hydrogen) atoms. The van der Waals surface area contributed by atoms with Crippen LogP contribution in [0.3, 0.4) is 0 Å². The van der Waals surface area contributed by atoms with E-state index in [1.165, 1.54) is 18.2 Å². The highest BCUT2D eigenvalue weighted by Gasteiger charge is 2.53. The van der Waals surface area contributed by atoms with Crippen LogP contribution in [-0.4, -0.2) is 46.6 Å². The topological polar surface area (TPSA) is 102 Å². The zero-order valence-corrected chi connectivity index (χ0v) is 17.2. The SMILES string of the molecule is CC(C)CNC(=O)[C@H]1COC2(CCC(C)CC2)N1C(=O)c1cccc([N+](=O)[O-])c1. The lowest BCUT2D eigenvalue weighted by Crippen LogP contribution is -2.57. The van der Waals surface area contributed by atoms with Gasteiger partial charge >= 0.3 is 0 Å². The van der Waals surface area contributed by atoms with E-state index in [-0.39, 0.29) is 29.7 Å². The summed E-state index contributed by atoms with van der Waals surface area (Å²) < 4.78 is 6.11. The molecule has 1 heterocycles. The smallest absolute Gasteiger partial charge is 0.270 e. The predicted molar refractivity (Wildman–Crippen MR) is 107 cm³/mol. The molecule has 1 saturated heterocycles. The second kappa shape index (κ2) is 8.49. The van der Waals surface area contributed by atoms with Crippen LogP contribution in [0.15, 0.2) is 24.3 Å². The van der Waals surface area contributed by atoms with Crippen molar-refractivity contribution in [3.8, 4) is 0 Å². The molecule has 8 heteroatoms. The fraction of sp³-hybridized carbons (Fsp3) is 0.619. The van der Waals surface area contributed by atoms with Crippen molar-refractivity contribution in [2.75, 3.05) is 13.2 Å². The Kier molecular flexibility index (Phi) is 6.21. The molecule has 2 fully saturated rings. The van der Waals surface area contributed by atoms with Crippen LogP contribution in [0.1, 0.15) is 56.8 Å². The predicted octanol–water partition coefficient (Wildman–Crippen LogP) is 3.11. The molecule has 1 N–H and O–H groups in total. The molecule has 0 bridgehead atoms. The molecule has 1 aromatic rings. The van der Waals surface area contributed by atoms with Crippen molar-refractivity contribution < 1.29 is 19.2 Å². The van der Waals surface area contributed by atoms with Crippen molar-refractivity contribution in [1.82, 2.24) is 10.2 Å². The number of benzene rings is 1. The molecule has 0 aromatic heterocycles. The number of amides is 2. The van der Waals surface area contributed by atoms with Crippen LogP contribution in [-0.2, 0) is 9.53 Å². The molecule has 2 aliphatic rings. The molecule has 1 saturated carbocycles. The highest BCUT2D eigenvalue weighted by molar-refractivity contribution is 5.99. The van der Waals surface area contributed by atoms with E-state index in [1.807, 2.05) is 13.8 Å². The Balaban J connectivity index is 1.92. The quantitative estimate of drug-likeness (QED) is 0.601. The molecule has 158 valence electrons. The summed E-state index contributed by atoms with van der Waals surface area (Å²) in [6.07, 6.45) is 3.11. The summed E-state index contributed by atoms with van der Waals surface area (Å²) in [6.45, 7) is 6.82. The number of nitro groups is 1. The number of hydrogen-bond donors (Lipinski definition) is 1. The summed E-state index contributed by atoms with van der Waals surface area (Å²) >= 11 is 0. The van der Waals surface area contributed by atoms with E-state index in [0.29, 0.717) is 25.3 Å². The van der Waals surface area contributed by atoms with Crippen LogP contribution in [0.5, 0.6) is 0 Å². The number of non-ortho nitro benzene ring substituents is 1. The highest BCUT2D eigenvalue weighted by atomic mass is 16.6. The van der Waals surface area contributed by atoms with Gasteiger partial charge in [-0.2, -0.15) is 0 Å². The normalized spacial score (nSPS) is 26.7. The zero-order chi connectivity index (χ0) is 21.2. The van der Waals surface area contributed by atoms with Crippen LogP contribution < -0.4 is 5.32 Å². The van der Waals surface area contributed by atoms with Gasteiger partial charge in [0, 0.05) is 24.2 Å². The van der Waals surface area contributed by atoms with Gasteiger partial charge in [-0.3, -0.25) is 24.6 Å². The maximum absolute atomic E-state index is 13.5. The summed E-state index contributed by atoms with van der Waals surface area (Å²) in [5, 5.41) is 14.0. The minimum atomic E-state index is -0.825. The number of nitrogens with zero attached hydrogens (tertiary/aromatic N) is 2. The molecule has 1 spiro atoms. The van der Waals surface area contributed by atoms with E-state index in [9.17, 15) is 19.7 Å². The maximum atomic E-state index is 13.5. The summed E-state index contributed by atoms with van der Waals surface area (Å²) in [7, 11) is 0. The first-order chi connectivity index (χ1) is 13.7. The second-order valence-electron chi connectivity index (χ2n) is 8.58. The Labute approximate surface area is 170 Å². The van der Waals surface area contributed by atoms with Crippen LogP contribution in [0, 0.1) is 22.0 Å². The summed E-state index contributed by atoms with van der Waals surface area (Å²) in [4.78, 5) is 38.5. The van der Waals surface area contributed by atoms with E-state index in [4.69, 9.17) is 4.74 Å². The average molecular weight is 403 g/mol. The number of carbonyl (C=O) groups excluding carboxylic acids is 2. The van der Waals surface area contributed by atoms with Gasteiger partial charge in [0.1, 0.15) is 11.8 Å². The lowest BCUT2D eigenvalue weighted by atomic mass is 9.83. The number of carbonyl (C=O) groups is 2. The summed E-state index contributed by atoms with van der Waals surface area (Å²) in [5.74, 6) is 0.179. The molecule has 1 aromatic carbocycles. The third kappa shape index (κ3) is 4.42. The summed E-state index contributed by atoms with van der Waals surface area (Å²) in [6, 6.07) is 4.92. The lowest BCUT2D eigenvalue weighted by molar-refractivity contribution is -0.384. The average Bonchev–Trinajstić information content (AvgIpc) is 3.07. The number of nitro benzene ring substituents is 1. The Bertz CT molecular complexity index is 786. The van der Waals surface area contributed by atoms with E-state index < -0.39 is 22.6 Å². The minimum absolute atomic E-state index is 0.138. The number of rotatable bonds is 5. The van der Waals surface area contributed by atoms with Gasteiger partial charge in [-0.15, -0.1) is 0 Å².